The van der Waals surface area contributed by atoms with Crippen molar-refractivity contribution in [1.82, 2.24) is 20.1 Å². The zero-order chi connectivity index (χ0) is 28.9. The van der Waals surface area contributed by atoms with Gasteiger partial charge in [-0.1, -0.05) is 29.4 Å². The monoisotopic (exact) mass is 593 g/mol. The van der Waals surface area contributed by atoms with Crippen LogP contribution in [0.4, 0.5) is 23.2 Å². The number of methoxy groups -OCH3 is 1. The van der Waals surface area contributed by atoms with Crippen molar-refractivity contribution >= 4 is 40.9 Å². The Hall–Kier alpha value is -4.10. The lowest BCUT2D eigenvalue weighted by Gasteiger charge is -2.13. The third kappa shape index (κ3) is 7.10. The van der Waals surface area contributed by atoms with Crippen molar-refractivity contribution in [2.45, 2.75) is 17.9 Å². The number of amides is 2. The average molecular weight is 594 g/mol. The molecule has 0 atom stereocenters. The summed E-state index contributed by atoms with van der Waals surface area (Å²) in [4.78, 5) is 25.2. The second kappa shape index (κ2) is 12.4. The Labute approximate surface area is 234 Å². The van der Waals surface area contributed by atoms with Gasteiger partial charge in [0.1, 0.15) is 11.6 Å². The number of nitrogens with zero attached hydrogens (tertiary/aromatic N) is 3. The maximum absolute atomic E-state index is 14.0. The summed E-state index contributed by atoms with van der Waals surface area (Å²) in [5.74, 6) is -1.04. The maximum atomic E-state index is 14.0. The minimum absolute atomic E-state index is 0.0656. The smallest absolute Gasteiger partial charge is 0.416 e. The van der Waals surface area contributed by atoms with Gasteiger partial charge in [-0.05, 0) is 60.7 Å². The quantitative estimate of drug-likeness (QED) is 0.190. The van der Waals surface area contributed by atoms with Gasteiger partial charge in [-0.3, -0.25) is 14.2 Å². The lowest BCUT2D eigenvalue weighted by molar-refractivity contribution is -0.137. The van der Waals surface area contributed by atoms with Crippen molar-refractivity contribution in [3.05, 3.63) is 94.5 Å². The molecule has 2 amide bonds. The number of nitrogens with one attached hydrogen (secondary N) is 2. The van der Waals surface area contributed by atoms with E-state index < -0.39 is 29.4 Å². The van der Waals surface area contributed by atoms with Crippen LogP contribution in [-0.4, -0.2) is 39.4 Å². The molecule has 0 unspecified atom stereocenters. The number of carbonyl (C=O) groups is 2. The van der Waals surface area contributed by atoms with Gasteiger partial charge in [0.15, 0.2) is 11.0 Å². The van der Waals surface area contributed by atoms with Crippen molar-refractivity contribution in [3.8, 4) is 11.4 Å². The first-order valence-corrected chi connectivity index (χ1v) is 12.8. The van der Waals surface area contributed by atoms with E-state index in [0.29, 0.717) is 17.0 Å². The fourth-order valence-corrected chi connectivity index (χ4v) is 4.44. The number of rotatable bonds is 9. The van der Waals surface area contributed by atoms with Crippen LogP contribution in [0, 0.1) is 5.82 Å². The van der Waals surface area contributed by atoms with Crippen LogP contribution in [-0.2, 0) is 17.5 Å². The van der Waals surface area contributed by atoms with Crippen molar-refractivity contribution in [3.63, 3.8) is 0 Å². The minimum Gasteiger partial charge on any atom is -0.497 e. The third-order valence-corrected chi connectivity index (χ3v) is 6.68. The maximum Gasteiger partial charge on any atom is 0.416 e. The Morgan fingerprint density at radius 3 is 2.48 bits per heavy atom. The summed E-state index contributed by atoms with van der Waals surface area (Å²) in [5.41, 5.74) is -0.456. The Kier molecular flexibility index (Phi) is 8.95. The molecule has 0 aliphatic heterocycles. The molecular weight excluding hydrogens is 574 g/mol. The summed E-state index contributed by atoms with van der Waals surface area (Å²) in [7, 11) is 1.51. The van der Waals surface area contributed by atoms with Crippen LogP contribution in [0.25, 0.3) is 5.69 Å². The van der Waals surface area contributed by atoms with Gasteiger partial charge in [-0.15, -0.1) is 10.2 Å². The van der Waals surface area contributed by atoms with Crippen LogP contribution in [0.2, 0.25) is 5.02 Å². The molecule has 0 bridgehead atoms. The Bertz CT molecular complexity index is 1530. The lowest BCUT2D eigenvalue weighted by atomic mass is 10.2. The number of anilines is 1. The van der Waals surface area contributed by atoms with Crippen LogP contribution in [0.3, 0.4) is 0 Å². The topological polar surface area (TPSA) is 98.1 Å². The fourth-order valence-electron chi connectivity index (χ4n) is 3.50. The summed E-state index contributed by atoms with van der Waals surface area (Å²) < 4.78 is 59.7. The van der Waals surface area contributed by atoms with E-state index in [4.69, 9.17) is 16.3 Å². The highest BCUT2D eigenvalue weighted by molar-refractivity contribution is 7.99. The average Bonchev–Trinajstić information content (AvgIpc) is 3.34. The number of thioether (sulfide) groups is 1. The van der Waals surface area contributed by atoms with Gasteiger partial charge in [-0.2, -0.15) is 13.2 Å². The molecule has 1 heterocycles. The van der Waals surface area contributed by atoms with E-state index in [0.717, 1.165) is 30.0 Å². The Balaban J connectivity index is 1.50. The zero-order valence-electron chi connectivity index (χ0n) is 20.6. The molecule has 0 saturated heterocycles. The van der Waals surface area contributed by atoms with Gasteiger partial charge in [0.25, 0.3) is 5.91 Å². The highest BCUT2D eigenvalue weighted by Gasteiger charge is 2.31. The number of carbonyl (C=O) groups excluding carboxylic acids is 2. The number of aromatic nitrogens is 3. The second-order valence-corrected chi connectivity index (χ2v) is 9.50. The van der Waals surface area contributed by atoms with Crippen molar-refractivity contribution < 1.29 is 31.9 Å². The van der Waals surface area contributed by atoms with Crippen molar-refractivity contribution in [2.24, 2.45) is 0 Å². The first-order valence-electron chi connectivity index (χ1n) is 11.5. The molecular formula is C26H20ClF4N5O3S. The van der Waals surface area contributed by atoms with E-state index in [1.165, 1.54) is 29.9 Å². The van der Waals surface area contributed by atoms with E-state index in [-0.39, 0.29) is 34.0 Å². The molecule has 0 saturated carbocycles. The number of hydrogen-bond donors (Lipinski definition) is 2. The number of alkyl halides is 3. The van der Waals surface area contributed by atoms with Gasteiger partial charge in [0.05, 0.1) is 41.4 Å². The van der Waals surface area contributed by atoms with Gasteiger partial charge >= 0.3 is 6.18 Å². The molecule has 8 nitrogen and oxygen atoms in total. The molecule has 14 heteroatoms. The van der Waals surface area contributed by atoms with E-state index in [9.17, 15) is 27.2 Å². The second-order valence-electron chi connectivity index (χ2n) is 8.15. The molecule has 4 rings (SSSR count). The molecule has 2 N–H and O–H groups in total. The molecule has 0 fully saturated rings. The summed E-state index contributed by atoms with van der Waals surface area (Å²) in [6.07, 6.45) is -4.61. The number of halogens is 5. The molecule has 3 aromatic carbocycles. The van der Waals surface area contributed by atoms with Crippen LogP contribution < -0.4 is 15.4 Å². The zero-order valence-corrected chi connectivity index (χ0v) is 22.2. The predicted octanol–water partition coefficient (Wildman–Crippen LogP) is 5.75. The van der Waals surface area contributed by atoms with E-state index in [2.05, 4.69) is 20.8 Å². The number of ether oxygens (including phenoxy) is 1. The molecule has 0 aliphatic carbocycles. The lowest BCUT2D eigenvalue weighted by Crippen LogP contribution is -2.24. The van der Waals surface area contributed by atoms with Gasteiger partial charge in [0.2, 0.25) is 5.91 Å². The van der Waals surface area contributed by atoms with Gasteiger partial charge in [-0.25, -0.2) is 4.39 Å². The first kappa shape index (κ1) is 28.9. The van der Waals surface area contributed by atoms with Gasteiger partial charge < -0.3 is 15.4 Å². The Morgan fingerprint density at radius 2 is 1.80 bits per heavy atom. The van der Waals surface area contributed by atoms with Crippen LogP contribution in [0.1, 0.15) is 21.7 Å². The molecule has 1 aromatic heterocycles. The molecule has 40 heavy (non-hydrogen) atoms. The SMILES string of the molecule is COc1ccc(C(=O)NCc2nnc(SCC(=O)Nc3cc(C(F)(F)F)ccc3Cl)n2-c2cccc(F)c2)cc1. The van der Waals surface area contributed by atoms with E-state index >= 15 is 0 Å². The molecule has 208 valence electrons. The van der Waals surface area contributed by atoms with E-state index in [1.807, 2.05) is 0 Å². The largest absolute Gasteiger partial charge is 0.497 e. The molecule has 0 radical (unpaired) electrons. The number of benzene rings is 3. The minimum atomic E-state index is -4.61. The summed E-state index contributed by atoms with van der Waals surface area (Å²) in [6.45, 7) is -0.0824. The van der Waals surface area contributed by atoms with Crippen LogP contribution in [0.5, 0.6) is 5.75 Å². The first-order chi connectivity index (χ1) is 19.0. The highest BCUT2D eigenvalue weighted by atomic mass is 35.5. The van der Waals surface area contributed by atoms with Gasteiger partial charge in [0, 0.05) is 5.56 Å². The van der Waals surface area contributed by atoms with Crippen molar-refractivity contribution in [1.29, 1.82) is 0 Å². The molecule has 0 spiro atoms. The van der Waals surface area contributed by atoms with Crippen LogP contribution >= 0.6 is 23.4 Å². The Morgan fingerprint density at radius 1 is 1.05 bits per heavy atom. The summed E-state index contributed by atoms with van der Waals surface area (Å²) >= 11 is 6.87. The molecule has 4 aromatic rings. The number of hydrogen-bond acceptors (Lipinski definition) is 6. The summed E-state index contributed by atoms with van der Waals surface area (Å²) in [6, 6.07) is 14.6. The van der Waals surface area contributed by atoms with Crippen molar-refractivity contribution in [2.75, 3.05) is 18.2 Å². The third-order valence-electron chi connectivity index (χ3n) is 5.43. The summed E-state index contributed by atoms with van der Waals surface area (Å²) in [5, 5.41) is 13.4. The highest BCUT2D eigenvalue weighted by Crippen LogP contribution is 2.34. The normalized spacial score (nSPS) is 11.2. The molecule has 0 aliphatic rings. The predicted molar refractivity (Wildman–Crippen MR) is 141 cm³/mol. The van der Waals surface area contributed by atoms with E-state index in [1.54, 1.807) is 30.3 Å². The van der Waals surface area contributed by atoms with Crippen LogP contribution in [0.15, 0.2) is 71.9 Å². The standard InChI is InChI=1S/C26H20ClF4N5O3S/c1-39-19-8-5-15(6-9-19)24(38)32-13-22-34-35-25(36(22)18-4-2-3-17(28)12-18)40-14-23(37)33-21-11-16(26(29,30)31)7-10-20(21)27/h2-12H,13-14H2,1H3,(H,32,38)(H,33,37). The fraction of sp³-hybridized carbons (Fsp3) is 0.154.